The Hall–Kier alpha value is -2.60. The Labute approximate surface area is 163 Å². The number of imide groups is 1. The summed E-state index contributed by atoms with van der Waals surface area (Å²) in [5.74, 6) is -0.487. The molecule has 1 N–H and O–H groups in total. The van der Waals surface area contributed by atoms with Crippen LogP contribution in [0.15, 0.2) is 42.5 Å². The van der Waals surface area contributed by atoms with Crippen molar-refractivity contribution in [3.63, 3.8) is 0 Å². The van der Waals surface area contributed by atoms with Crippen molar-refractivity contribution in [2.24, 2.45) is 0 Å². The Morgan fingerprint density at radius 2 is 1.70 bits per heavy atom. The largest absolute Gasteiger partial charge is 0.324 e. The van der Waals surface area contributed by atoms with Crippen molar-refractivity contribution in [3.8, 4) is 0 Å². The number of carbonyl (C=O) groups excluding carboxylic acids is 3. The van der Waals surface area contributed by atoms with Gasteiger partial charge in [-0.25, -0.2) is 0 Å². The van der Waals surface area contributed by atoms with Crippen LogP contribution in [0.1, 0.15) is 38.3 Å². The third-order valence-corrected chi connectivity index (χ3v) is 5.32. The Bertz CT molecular complexity index is 875. The summed E-state index contributed by atoms with van der Waals surface area (Å²) in [6.45, 7) is 3.90. The van der Waals surface area contributed by atoms with Gasteiger partial charge in [0.1, 0.15) is 6.04 Å². The van der Waals surface area contributed by atoms with Gasteiger partial charge >= 0.3 is 0 Å². The van der Waals surface area contributed by atoms with Crippen LogP contribution in [0.25, 0.3) is 0 Å². The fourth-order valence-corrected chi connectivity index (χ4v) is 3.73. The minimum absolute atomic E-state index is 0.342. The summed E-state index contributed by atoms with van der Waals surface area (Å²) in [4.78, 5) is 39.7. The number of hydrogen-bond acceptors (Lipinski definition) is 4. The first kappa shape index (κ1) is 19.2. The number of nitrogens with zero attached hydrogens (tertiary/aromatic N) is 1. The second kappa shape index (κ2) is 7.96. The van der Waals surface area contributed by atoms with Crippen LogP contribution in [0.2, 0.25) is 0 Å². The number of amides is 3. The third-order valence-electron chi connectivity index (χ3n) is 4.67. The van der Waals surface area contributed by atoms with E-state index in [4.69, 9.17) is 0 Å². The Morgan fingerprint density at radius 1 is 1.07 bits per heavy atom. The standard InChI is InChI=1S/C21H22N2O3S/c1-13-8-9-17(14(2)12-13)22-19(24)18(10-11-27-3)23-20(25)15-6-4-5-7-16(15)21(23)26/h4-9,12,18H,10-11H2,1-3H3,(H,22,24)/t18-/m0/s1. The van der Waals surface area contributed by atoms with E-state index in [1.54, 1.807) is 36.0 Å². The summed E-state index contributed by atoms with van der Waals surface area (Å²) in [5.41, 5.74) is 3.45. The van der Waals surface area contributed by atoms with Crippen LogP contribution in [0.4, 0.5) is 5.69 Å². The smallest absolute Gasteiger partial charge is 0.262 e. The second-order valence-corrected chi connectivity index (χ2v) is 7.62. The van der Waals surface area contributed by atoms with Gasteiger partial charge in [0.05, 0.1) is 11.1 Å². The number of anilines is 1. The van der Waals surface area contributed by atoms with Gasteiger partial charge in [0, 0.05) is 5.69 Å². The monoisotopic (exact) mass is 382 g/mol. The predicted molar refractivity (Wildman–Crippen MR) is 108 cm³/mol. The summed E-state index contributed by atoms with van der Waals surface area (Å²) < 4.78 is 0. The number of hydrogen-bond donors (Lipinski definition) is 1. The van der Waals surface area contributed by atoms with Gasteiger partial charge in [0.2, 0.25) is 5.91 Å². The van der Waals surface area contributed by atoms with Crippen LogP contribution in [0.3, 0.4) is 0 Å². The zero-order chi connectivity index (χ0) is 19.6. The van der Waals surface area contributed by atoms with E-state index in [0.717, 1.165) is 16.0 Å². The lowest BCUT2D eigenvalue weighted by atomic mass is 10.1. The van der Waals surface area contributed by atoms with E-state index in [-0.39, 0.29) is 5.91 Å². The topological polar surface area (TPSA) is 66.5 Å². The maximum atomic E-state index is 13.0. The Kier molecular flexibility index (Phi) is 5.65. The highest BCUT2D eigenvalue weighted by molar-refractivity contribution is 7.98. The SMILES string of the molecule is CSCC[C@@H](C(=O)Nc1ccc(C)cc1C)N1C(=O)c2ccccc2C1=O. The van der Waals surface area contributed by atoms with Crippen molar-refractivity contribution in [2.45, 2.75) is 26.3 Å². The number of carbonyl (C=O) groups is 3. The van der Waals surface area contributed by atoms with Crippen LogP contribution in [-0.2, 0) is 4.79 Å². The molecule has 1 aliphatic heterocycles. The zero-order valence-corrected chi connectivity index (χ0v) is 16.4. The van der Waals surface area contributed by atoms with E-state index in [1.165, 1.54) is 0 Å². The molecule has 140 valence electrons. The number of thioether (sulfide) groups is 1. The molecule has 1 heterocycles. The molecule has 0 radical (unpaired) electrons. The third kappa shape index (κ3) is 3.76. The molecule has 0 bridgehead atoms. The lowest BCUT2D eigenvalue weighted by molar-refractivity contribution is -0.120. The molecule has 0 spiro atoms. The summed E-state index contributed by atoms with van der Waals surface area (Å²) in [7, 11) is 0. The lowest BCUT2D eigenvalue weighted by Crippen LogP contribution is -2.47. The van der Waals surface area contributed by atoms with Crippen LogP contribution in [0, 0.1) is 13.8 Å². The minimum atomic E-state index is -0.842. The molecule has 2 aromatic carbocycles. The fourth-order valence-electron chi connectivity index (χ4n) is 3.27. The van der Waals surface area contributed by atoms with Gasteiger partial charge in [-0.15, -0.1) is 0 Å². The number of benzene rings is 2. The van der Waals surface area contributed by atoms with Crippen molar-refractivity contribution in [3.05, 3.63) is 64.7 Å². The first-order valence-electron chi connectivity index (χ1n) is 8.78. The first-order chi connectivity index (χ1) is 12.9. The average Bonchev–Trinajstić information content (AvgIpc) is 2.90. The van der Waals surface area contributed by atoms with Gasteiger partial charge in [-0.2, -0.15) is 11.8 Å². The summed E-state index contributed by atoms with van der Waals surface area (Å²) >= 11 is 1.57. The average molecular weight is 382 g/mol. The van der Waals surface area contributed by atoms with Crippen molar-refractivity contribution in [1.82, 2.24) is 4.90 Å². The highest BCUT2D eigenvalue weighted by atomic mass is 32.2. The summed E-state index contributed by atoms with van der Waals surface area (Å²) in [6, 6.07) is 11.6. The Morgan fingerprint density at radius 3 is 2.26 bits per heavy atom. The predicted octanol–water partition coefficient (Wildman–Crippen LogP) is 3.66. The zero-order valence-electron chi connectivity index (χ0n) is 15.6. The van der Waals surface area contributed by atoms with Crippen LogP contribution >= 0.6 is 11.8 Å². The van der Waals surface area contributed by atoms with Gasteiger partial charge in [0.25, 0.3) is 11.8 Å². The number of aryl methyl sites for hydroxylation is 2. The molecule has 27 heavy (non-hydrogen) atoms. The van der Waals surface area contributed by atoms with E-state index in [1.807, 2.05) is 38.3 Å². The van der Waals surface area contributed by atoms with E-state index >= 15 is 0 Å². The highest BCUT2D eigenvalue weighted by Gasteiger charge is 2.42. The molecular formula is C21H22N2O3S. The molecule has 0 unspecified atom stereocenters. The van der Waals surface area contributed by atoms with E-state index in [0.29, 0.717) is 29.0 Å². The van der Waals surface area contributed by atoms with E-state index in [9.17, 15) is 14.4 Å². The highest BCUT2D eigenvalue weighted by Crippen LogP contribution is 2.27. The molecule has 0 aromatic heterocycles. The number of rotatable bonds is 6. The van der Waals surface area contributed by atoms with Crippen LogP contribution in [0.5, 0.6) is 0 Å². The maximum Gasteiger partial charge on any atom is 0.262 e. The molecule has 3 rings (SSSR count). The Balaban J connectivity index is 1.89. The fraction of sp³-hybridized carbons (Fsp3) is 0.286. The number of nitrogens with one attached hydrogen (secondary N) is 1. The molecule has 5 nitrogen and oxygen atoms in total. The summed E-state index contributed by atoms with van der Waals surface area (Å²) in [5, 5.41) is 2.90. The molecule has 0 saturated carbocycles. The van der Waals surface area contributed by atoms with Crippen LogP contribution < -0.4 is 5.32 Å². The van der Waals surface area contributed by atoms with Crippen molar-refractivity contribution < 1.29 is 14.4 Å². The normalized spacial score (nSPS) is 14.3. The van der Waals surface area contributed by atoms with E-state index < -0.39 is 17.9 Å². The minimum Gasteiger partial charge on any atom is -0.324 e. The molecule has 0 saturated heterocycles. The van der Waals surface area contributed by atoms with E-state index in [2.05, 4.69) is 5.32 Å². The van der Waals surface area contributed by atoms with Gasteiger partial charge < -0.3 is 5.32 Å². The van der Waals surface area contributed by atoms with Crippen molar-refractivity contribution in [2.75, 3.05) is 17.3 Å². The molecule has 1 atom stereocenters. The molecule has 6 heteroatoms. The van der Waals surface area contributed by atoms with Gasteiger partial charge in [-0.1, -0.05) is 29.8 Å². The molecule has 3 amide bonds. The molecule has 2 aromatic rings. The molecule has 0 fully saturated rings. The maximum absolute atomic E-state index is 13.0. The first-order valence-corrected chi connectivity index (χ1v) is 10.2. The lowest BCUT2D eigenvalue weighted by Gasteiger charge is -2.25. The quantitative estimate of drug-likeness (QED) is 0.775. The second-order valence-electron chi connectivity index (χ2n) is 6.63. The van der Waals surface area contributed by atoms with Gasteiger partial charge in [0.15, 0.2) is 0 Å². The summed E-state index contributed by atoms with van der Waals surface area (Å²) in [6.07, 6.45) is 2.34. The van der Waals surface area contributed by atoms with Crippen molar-refractivity contribution in [1.29, 1.82) is 0 Å². The van der Waals surface area contributed by atoms with Gasteiger partial charge in [-0.05, 0) is 56.0 Å². The van der Waals surface area contributed by atoms with Crippen LogP contribution in [-0.4, -0.2) is 40.7 Å². The molecule has 1 aliphatic rings. The molecule has 0 aliphatic carbocycles. The molecular weight excluding hydrogens is 360 g/mol. The van der Waals surface area contributed by atoms with Gasteiger partial charge in [-0.3, -0.25) is 19.3 Å². The van der Waals surface area contributed by atoms with Crippen molar-refractivity contribution >= 4 is 35.2 Å². The number of fused-ring (bicyclic) bond motifs is 1.